The molecule has 2 aromatic carbocycles. The van der Waals surface area contributed by atoms with Crippen molar-refractivity contribution in [1.82, 2.24) is 20.4 Å². The maximum Gasteiger partial charge on any atom is 0.191 e. The predicted molar refractivity (Wildman–Crippen MR) is 135 cm³/mol. The molecule has 164 valence electrons. The van der Waals surface area contributed by atoms with Crippen LogP contribution in [0.1, 0.15) is 29.5 Å². The molecule has 0 saturated heterocycles. The molecule has 1 saturated carbocycles. The number of benzene rings is 2. The third-order valence-corrected chi connectivity index (χ3v) is 5.81. The van der Waals surface area contributed by atoms with Crippen molar-refractivity contribution in [1.29, 1.82) is 0 Å². The first kappa shape index (κ1) is 23.1. The average molecular weight is 531 g/mol. The van der Waals surface area contributed by atoms with Gasteiger partial charge in [-0.1, -0.05) is 42.5 Å². The molecule has 2 N–H and O–H groups in total. The number of rotatable bonds is 8. The minimum atomic E-state index is 0. The van der Waals surface area contributed by atoms with Crippen molar-refractivity contribution in [3.8, 4) is 5.75 Å². The van der Waals surface area contributed by atoms with Crippen molar-refractivity contribution in [2.45, 2.75) is 31.3 Å². The Bertz CT molecular complexity index is 999. The largest absolute Gasteiger partial charge is 0.496 e. The van der Waals surface area contributed by atoms with Gasteiger partial charge in [0.15, 0.2) is 5.96 Å². The quantitative estimate of drug-likeness (QED) is 0.263. The Morgan fingerprint density at radius 3 is 2.48 bits per heavy atom. The summed E-state index contributed by atoms with van der Waals surface area (Å²) in [4.78, 5) is 4.42. The second kappa shape index (κ2) is 10.7. The number of guanidine groups is 1. The fraction of sp³-hybridized carbons (Fsp3) is 0.333. The zero-order valence-corrected chi connectivity index (χ0v) is 20.4. The molecule has 0 unspecified atom stereocenters. The molecular formula is C24H30IN5O. The molecule has 1 aliphatic rings. The Labute approximate surface area is 201 Å². The Kier molecular flexibility index (Phi) is 7.95. The van der Waals surface area contributed by atoms with Gasteiger partial charge in [0.05, 0.1) is 13.7 Å². The van der Waals surface area contributed by atoms with Crippen molar-refractivity contribution in [2.75, 3.05) is 20.7 Å². The van der Waals surface area contributed by atoms with E-state index in [1.54, 1.807) is 7.11 Å². The number of aliphatic imine (C=N–C) groups is 1. The van der Waals surface area contributed by atoms with E-state index in [1.807, 2.05) is 42.3 Å². The van der Waals surface area contributed by atoms with Crippen LogP contribution in [0.3, 0.4) is 0 Å². The molecule has 1 fully saturated rings. The van der Waals surface area contributed by atoms with E-state index in [1.165, 1.54) is 16.7 Å². The lowest BCUT2D eigenvalue weighted by molar-refractivity contribution is 0.403. The van der Waals surface area contributed by atoms with E-state index in [2.05, 4.69) is 57.1 Å². The van der Waals surface area contributed by atoms with Gasteiger partial charge >= 0.3 is 0 Å². The molecule has 1 aliphatic carbocycles. The van der Waals surface area contributed by atoms with Crippen LogP contribution < -0.4 is 15.4 Å². The van der Waals surface area contributed by atoms with E-state index in [-0.39, 0.29) is 29.4 Å². The number of methoxy groups -OCH3 is 1. The Balaban J connectivity index is 0.00000272. The number of aromatic nitrogens is 2. The van der Waals surface area contributed by atoms with Crippen molar-refractivity contribution in [3.05, 3.63) is 83.7 Å². The maximum atomic E-state index is 5.59. The highest BCUT2D eigenvalue weighted by molar-refractivity contribution is 14.0. The number of hydrogen-bond acceptors (Lipinski definition) is 3. The van der Waals surface area contributed by atoms with Crippen LogP contribution in [0.4, 0.5) is 0 Å². The molecule has 3 aromatic rings. The highest BCUT2D eigenvalue weighted by Gasteiger charge is 2.46. The maximum absolute atomic E-state index is 5.59. The molecule has 0 aliphatic heterocycles. The van der Waals surface area contributed by atoms with Crippen molar-refractivity contribution in [2.24, 2.45) is 4.99 Å². The van der Waals surface area contributed by atoms with Crippen LogP contribution >= 0.6 is 24.0 Å². The number of nitrogens with one attached hydrogen (secondary N) is 2. The van der Waals surface area contributed by atoms with Crippen LogP contribution in [0.25, 0.3) is 0 Å². The number of halogens is 1. The minimum absolute atomic E-state index is 0. The standard InChI is InChI=1S/C24H29N5O.HI/c1-25-23(27-18-24(12-13-24)21-10-5-6-11-22(21)30-2)26-16-19-8-3-4-9-20(19)17-29-15-7-14-28-29;/h3-11,14-15H,12-13,16-18H2,1-2H3,(H2,25,26,27);1H. The van der Waals surface area contributed by atoms with Crippen LogP contribution in [0.15, 0.2) is 72.0 Å². The lowest BCUT2D eigenvalue weighted by atomic mass is 9.95. The summed E-state index contributed by atoms with van der Waals surface area (Å²) in [6, 6.07) is 18.7. The van der Waals surface area contributed by atoms with Gasteiger partial charge in [-0.15, -0.1) is 24.0 Å². The number of ether oxygens (including phenoxy) is 1. The molecule has 0 bridgehead atoms. The third-order valence-electron chi connectivity index (χ3n) is 5.81. The van der Waals surface area contributed by atoms with E-state index >= 15 is 0 Å². The first-order valence-electron chi connectivity index (χ1n) is 10.4. The minimum Gasteiger partial charge on any atom is -0.496 e. The molecule has 7 heteroatoms. The zero-order valence-electron chi connectivity index (χ0n) is 18.0. The lowest BCUT2D eigenvalue weighted by Crippen LogP contribution is -2.41. The SMILES string of the molecule is CN=C(NCc1ccccc1Cn1cccn1)NCC1(c2ccccc2OC)CC1.I. The van der Waals surface area contributed by atoms with Gasteiger partial charge in [-0.2, -0.15) is 5.10 Å². The first-order valence-corrected chi connectivity index (χ1v) is 10.4. The summed E-state index contributed by atoms with van der Waals surface area (Å²) in [7, 11) is 3.55. The smallest absolute Gasteiger partial charge is 0.191 e. The molecule has 0 spiro atoms. The second-order valence-corrected chi connectivity index (χ2v) is 7.73. The Morgan fingerprint density at radius 2 is 1.81 bits per heavy atom. The van der Waals surface area contributed by atoms with Crippen molar-refractivity contribution >= 4 is 29.9 Å². The van der Waals surface area contributed by atoms with Crippen LogP contribution in [0.2, 0.25) is 0 Å². The number of hydrogen-bond donors (Lipinski definition) is 2. The summed E-state index contributed by atoms with van der Waals surface area (Å²) in [5, 5.41) is 11.3. The van der Waals surface area contributed by atoms with Gasteiger partial charge in [-0.05, 0) is 36.1 Å². The van der Waals surface area contributed by atoms with Crippen LogP contribution in [-0.2, 0) is 18.5 Å². The zero-order chi connectivity index (χ0) is 20.8. The molecule has 31 heavy (non-hydrogen) atoms. The predicted octanol–water partition coefficient (Wildman–Crippen LogP) is 3.95. The second-order valence-electron chi connectivity index (χ2n) is 7.73. The van der Waals surface area contributed by atoms with Gasteiger partial charge in [0.2, 0.25) is 0 Å². The van der Waals surface area contributed by atoms with Gasteiger partial charge in [-0.3, -0.25) is 9.67 Å². The Hall–Kier alpha value is -2.55. The van der Waals surface area contributed by atoms with Crippen molar-refractivity contribution in [3.63, 3.8) is 0 Å². The molecule has 1 heterocycles. The van der Waals surface area contributed by atoms with Gasteiger partial charge < -0.3 is 15.4 Å². The Morgan fingerprint density at radius 1 is 1.06 bits per heavy atom. The van der Waals surface area contributed by atoms with E-state index in [0.29, 0.717) is 6.54 Å². The molecule has 0 atom stereocenters. The average Bonchev–Trinajstić information content (AvgIpc) is 3.41. The van der Waals surface area contributed by atoms with Crippen LogP contribution in [-0.4, -0.2) is 36.4 Å². The van der Waals surface area contributed by atoms with E-state index in [0.717, 1.165) is 37.6 Å². The van der Waals surface area contributed by atoms with Crippen LogP contribution in [0, 0.1) is 0 Å². The summed E-state index contributed by atoms with van der Waals surface area (Å²) in [5.41, 5.74) is 3.89. The van der Waals surface area contributed by atoms with Crippen LogP contribution in [0.5, 0.6) is 5.75 Å². The summed E-state index contributed by atoms with van der Waals surface area (Å²) in [6.07, 6.45) is 6.11. The third kappa shape index (κ3) is 5.58. The van der Waals surface area contributed by atoms with Gasteiger partial charge in [0.1, 0.15) is 5.75 Å². The van der Waals surface area contributed by atoms with Gasteiger partial charge in [0, 0.05) is 43.5 Å². The number of nitrogens with zero attached hydrogens (tertiary/aromatic N) is 3. The summed E-state index contributed by atoms with van der Waals surface area (Å²) < 4.78 is 7.53. The molecule has 4 rings (SSSR count). The summed E-state index contributed by atoms with van der Waals surface area (Å²) >= 11 is 0. The molecule has 1 aromatic heterocycles. The lowest BCUT2D eigenvalue weighted by Gasteiger charge is -2.21. The van der Waals surface area contributed by atoms with Crippen molar-refractivity contribution < 1.29 is 4.74 Å². The first-order chi connectivity index (χ1) is 14.7. The van der Waals surface area contributed by atoms with E-state index < -0.39 is 0 Å². The normalized spacial score (nSPS) is 14.5. The number of para-hydroxylation sites is 1. The monoisotopic (exact) mass is 531 g/mol. The highest BCUT2D eigenvalue weighted by Crippen LogP contribution is 2.50. The molecule has 0 amide bonds. The topological polar surface area (TPSA) is 63.5 Å². The van der Waals surface area contributed by atoms with Gasteiger partial charge in [0.25, 0.3) is 0 Å². The van der Waals surface area contributed by atoms with E-state index in [4.69, 9.17) is 4.74 Å². The molecule has 0 radical (unpaired) electrons. The molecule has 6 nitrogen and oxygen atoms in total. The summed E-state index contributed by atoms with van der Waals surface area (Å²) in [5.74, 6) is 1.78. The van der Waals surface area contributed by atoms with E-state index in [9.17, 15) is 0 Å². The highest BCUT2D eigenvalue weighted by atomic mass is 127. The fourth-order valence-corrected chi connectivity index (χ4v) is 3.88. The summed E-state index contributed by atoms with van der Waals surface area (Å²) in [6.45, 7) is 2.30. The molecular weight excluding hydrogens is 501 g/mol. The fourth-order valence-electron chi connectivity index (χ4n) is 3.88. The van der Waals surface area contributed by atoms with Gasteiger partial charge in [-0.25, -0.2) is 0 Å².